The normalized spacial score (nSPS) is 11.0. The van der Waals surface area contributed by atoms with Crippen molar-refractivity contribution in [2.24, 2.45) is 0 Å². The van der Waals surface area contributed by atoms with Crippen LogP contribution < -0.4 is 9.47 Å². The molecule has 3 heterocycles. The average Bonchev–Trinajstić information content (AvgIpc) is 3.65. The van der Waals surface area contributed by atoms with Crippen LogP contribution in [0.25, 0.3) is 22.8 Å². The van der Waals surface area contributed by atoms with Crippen molar-refractivity contribution in [3.05, 3.63) is 78.6 Å². The molecule has 0 unspecified atom stereocenters. The predicted molar refractivity (Wildman–Crippen MR) is 126 cm³/mol. The molecule has 0 fully saturated rings. The van der Waals surface area contributed by atoms with Crippen molar-refractivity contribution in [2.45, 2.75) is 17.5 Å². The van der Waals surface area contributed by atoms with Crippen LogP contribution in [0.5, 0.6) is 11.5 Å². The van der Waals surface area contributed by atoms with Crippen molar-refractivity contribution in [1.82, 2.24) is 24.9 Å². The fourth-order valence-electron chi connectivity index (χ4n) is 3.37. The van der Waals surface area contributed by atoms with Gasteiger partial charge in [0, 0.05) is 11.1 Å². The van der Waals surface area contributed by atoms with E-state index in [1.807, 2.05) is 65.2 Å². The molecule has 9 nitrogen and oxygen atoms in total. The molecule has 0 spiro atoms. The predicted octanol–water partition coefficient (Wildman–Crippen LogP) is 4.95. The third-order valence-corrected chi connectivity index (χ3v) is 6.03. The number of rotatable bonds is 9. The molecule has 0 atom stereocenters. The summed E-state index contributed by atoms with van der Waals surface area (Å²) in [4.78, 5) is 4.51. The second-order valence-corrected chi connectivity index (χ2v) is 8.18. The van der Waals surface area contributed by atoms with Crippen LogP contribution >= 0.6 is 11.8 Å². The fraction of sp³-hybridized carbons (Fsp3) is 0.167. The molecule has 0 aliphatic carbocycles. The highest BCUT2D eigenvalue weighted by Crippen LogP contribution is 2.29. The number of aromatic nitrogens is 5. The molecular weight excluding hydrogens is 454 g/mol. The van der Waals surface area contributed by atoms with Crippen LogP contribution in [0, 0.1) is 0 Å². The van der Waals surface area contributed by atoms with Crippen molar-refractivity contribution in [3.63, 3.8) is 0 Å². The zero-order valence-electron chi connectivity index (χ0n) is 18.5. The van der Waals surface area contributed by atoms with E-state index in [4.69, 9.17) is 18.4 Å². The van der Waals surface area contributed by atoms with Gasteiger partial charge in [-0.3, -0.25) is 4.57 Å². The van der Waals surface area contributed by atoms with Crippen LogP contribution in [0.15, 0.2) is 81.0 Å². The van der Waals surface area contributed by atoms with Gasteiger partial charge in [-0.15, -0.1) is 10.2 Å². The zero-order valence-corrected chi connectivity index (χ0v) is 19.4. The lowest BCUT2D eigenvalue weighted by Crippen LogP contribution is -2.03. The highest BCUT2D eigenvalue weighted by Gasteiger charge is 2.18. The number of thioether (sulfide) groups is 1. The summed E-state index contributed by atoms with van der Waals surface area (Å²) < 4.78 is 23.6. The van der Waals surface area contributed by atoms with E-state index in [1.54, 1.807) is 20.5 Å². The second-order valence-electron chi connectivity index (χ2n) is 7.23. The molecule has 34 heavy (non-hydrogen) atoms. The van der Waals surface area contributed by atoms with Crippen molar-refractivity contribution in [1.29, 1.82) is 0 Å². The highest BCUT2D eigenvalue weighted by molar-refractivity contribution is 7.98. The number of hydrogen-bond donors (Lipinski definition) is 0. The Balaban J connectivity index is 1.38. The number of hydrogen-bond acceptors (Lipinski definition) is 9. The fourth-order valence-corrected chi connectivity index (χ4v) is 4.14. The van der Waals surface area contributed by atoms with Crippen molar-refractivity contribution in [3.8, 4) is 34.3 Å². The van der Waals surface area contributed by atoms with Gasteiger partial charge < -0.3 is 18.4 Å². The molecule has 5 aromatic rings. The average molecular weight is 476 g/mol. The topological polar surface area (TPSA) is 101 Å². The van der Waals surface area contributed by atoms with Crippen molar-refractivity contribution < 1.29 is 18.4 Å². The van der Waals surface area contributed by atoms with Crippen molar-refractivity contribution in [2.75, 3.05) is 14.2 Å². The van der Waals surface area contributed by atoms with Gasteiger partial charge in [-0.25, -0.2) is 0 Å². The van der Waals surface area contributed by atoms with Gasteiger partial charge in [-0.05, 0) is 48.5 Å². The summed E-state index contributed by atoms with van der Waals surface area (Å²) in [6, 6.07) is 19.0. The molecule has 2 aromatic carbocycles. The first kappa shape index (κ1) is 21.8. The molecule has 0 saturated heterocycles. The minimum atomic E-state index is 0.442. The molecule has 0 aliphatic heterocycles. The summed E-state index contributed by atoms with van der Waals surface area (Å²) in [7, 11) is 3.27. The first-order chi connectivity index (χ1) is 16.7. The first-order valence-corrected chi connectivity index (χ1v) is 11.4. The Morgan fingerprint density at radius 3 is 2.53 bits per heavy atom. The number of methoxy groups -OCH3 is 2. The Kier molecular flexibility index (Phi) is 6.30. The van der Waals surface area contributed by atoms with Crippen LogP contribution in [0.2, 0.25) is 0 Å². The number of benzene rings is 2. The van der Waals surface area contributed by atoms with Gasteiger partial charge in [-0.2, -0.15) is 4.98 Å². The minimum absolute atomic E-state index is 0.442. The van der Waals surface area contributed by atoms with Gasteiger partial charge in [0.2, 0.25) is 11.7 Å². The summed E-state index contributed by atoms with van der Waals surface area (Å²) in [6.45, 7) is 0.482. The molecule has 0 aliphatic rings. The van der Waals surface area contributed by atoms with Crippen LogP contribution in [0.1, 0.15) is 11.7 Å². The third-order valence-electron chi connectivity index (χ3n) is 5.08. The van der Waals surface area contributed by atoms with E-state index in [1.165, 1.54) is 11.8 Å². The summed E-state index contributed by atoms with van der Waals surface area (Å²) in [5, 5.41) is 13.7. The molecule has 172 valence electrons. The second kappa shape index (κ2) is 9.84. The molecule has 10 heteroatoms. The summed E-state index contributed by atoms with van der Waals surface area (Å²) >= 11 is 1.46. The maximum Gasteiger partial charge on any atom is 0.237 e. The largest absolute Gasteiger partial charge is 0.497 e. The van der Waals surface area contributed by atoms with E-state index < -0.39 is 0 Å². The molecule has 0 radical (unpaired) electrons. The SMILES string of the molecule is COc1ccc(-c2noc(CSc3nnc(-c4cccc(OC)c4)n3Cc3ccco3)n2)cc1. The lowest BCUT2D eigenvalue weighted by molar-refractivity contribution is 0.391. The van der Waals surface area contributed by atoms with Crippen LogP contribution in [-0.2, 0) is 12.3 Å². The Morgan fingerprint density at radius 2 is 1.76 bits per heavy atom. The standard InChI is InChI=1S/C24H21N5O4S/c1-30-18-10-8-16(9-11-18)22-25-21(33-28-22)15-34-24-27-26-23(17-5-3-6-19(13-17)31-2)29(24)14-20-7-4-12-32-20/h3-13H,14-15H2,1-2H3. The molecule has 0 N–H and O–H groups in total. The van der Waals surface area contributed by atoms with Gasteiger partial charge in [0.25, 0.3) is 0 Å². The maximum absolute atomic E-state index is 5.57. The molecule has 3 aromatic heterocycles. The monoisotopic (exact) mass is 475 g/mol. The quantitative estimate of drug-likeness (QED) is 0.274. The van der Waals surface area contributed by atoms with Crippen LogP contribution in [0.4, 0.5) is 0 Å². The smallest absolute Gasteiger partial charge is 0.237 e. The van der Waals surface area contributed by atoms with Gasteiger partial charge in [0.05, 0.1) is 32.8 Å². The first-order valence-electron chi connectivity index (χ1n) is 10.4. The van der Waals surface area contributed by atoms with E-state index in [-0.39, 0.29) is 0 Å². The highest BCUT2D eigenvalue weighted by atomic mass is 32.2. The summed E-state index contributed by atoms with van der Waals surface area (Å²) in [6.07, 6.45) is 1.65. The Morgan fingerprint density at radius 1 is 0.912 bits per heavy atom. The molecule has 0 bridgehead atoms. The molecule has 5 rings (SSSR count). The zero-order chi connectivity index (χ0) is 23.3. The van der Waals surface area contributed by atoms with E-state index in [0.717, 1.165) is 28.4 Å². The number of ether oxygens (including phenoxy) is 2. The van der Waals surface area contributed by atoms with E-state index in [9.17, 15) is 0 Å². The van der Waals surface area contributed by atoms with E-state index in [2.05, 4.69) is 20.3 Å². The molecule has 0 saturated carbocycles. The van der Waals surface area contributed by atoms with Gasteiger partial charge in [-0.1, -0.05) is 29.1 Å². The Bertz CT molecular complexity index is 1360. The Labute approximate surface area is 199 Å². The van der Waals surface area contributed by atoms with Gasteiger partial charge in [0.1, 0.15) is 17.3 Å². The lowest BCUT2D eigenvalue weighted by Gasteiger charge is -2.09. The Hall–Kier alpha value is -4.05. The minimum Gasteiger partial charge on any atom is -0.497 e. The van der Waals surface area contributed by atoms with E-state index >= 15 is 0 Å². The van der Waals surface area contributed by atoms with Crippen LogP contribution in [-0.4, -0.2) is 39.1 Å². The molecule has 0 amide bonds. The van der Waals surface area contributed by atoms with Crippen LogP contribution in [0.3, 0.4) is 0 Å². The maximum atomic E-state index is 5.57. The van der Waals surface area contributed by atoms with Gasteiger partial charge in [0.15, 0.2) is 11.0 Å². The lowest BCUT2D eigenvalue weighted by atomic mass is 10.2. The summed E-state index contributed by atoms with van der Waals surface area (Å²) in [5.41, 5.74) is 1.74. The molecular formula is C24H21N5O4S. The number of furan rings is 1. The van der Waals surface area contributed by atoms with Crippen molar-refractivity contribution >= 4 is 11.8 Å². The summed E-state index contributed by atoms with van der Waals surface area (Å²) in [5.74, 6) is 4.48. The number of nitrogens with zero attached hydrogens (tertiary/aromatic N) is 5. The van der Waals surface area contributed by atoms with E-state index in [0.29, 0.717) is 35.0 Å². The van der Waals surface area contributed by atoms with Gasteiger partial charge >= 0.3 is 0 Å². The third kappa shape index (κ3) is 4.67.